The fourth-order valence-electron chi connectivity index (χ4n) is 4.56. The fourth-order valence-corrected chi connectivity index (χ4v) is 4.56. The summed E-state index contributed by atoms with van der Waals surface area (Å²) in [6, 6.07) is 17.0. The molecule has 2 aromatic carbocycles. The Hall–Kier alpha value is -2.66. The number of anilines is 2. The zero-order valence-electron chi connectivity index (χ0n) is 18.9. The van der Waals surface area contributed by atoms with Crippen molar-refractivity contribution in [2.45, 2.75) is 39.2 Å². The number of nitrogens with zero attached hydrogens (tertiary/aromatic N) is 1. The molecule has 0 amide bonds. The lowest BCUT2D eigenvalue weighted by Crippen LogP contribution is -2.58. The highest BCUT2D eigenvalue weighted by Crippen LogP contribution is 2.35. The summed E-state index contributed by atoms with van der Waals surface area (Å²) in [7, 11) is 0. The number of hydrogen-bond donors (Lipinski definition) is 3. The van der Waals surface area contributed by atoms with Crippen LogP contribution in [0.3, 0.4) is 0 Å². The number of aryl methyl sites for hydroxylation is 1. The average molecular weight is 421 g/mol. The third kappa shape index (κ3) is 5.53. The molecule has 4 rings (SSSR count). The van der Waals surface area contributed by atoms with E-state index >= 15 is 0 Å². The standard InChI is InChI=1S/C26H36N4O/c1-20-14-22(30-18-26(2,19-30)17-29-21-8-4-3-5-9-21)11-12-24(20)25(27)16-28-15-23-10-6-7-13-31-23/h3-5,8-9,11-12,14,16,23,28-29H,6-7,10,13,15,17-19,27H2,1-2H3/b25-16-. The maximum absolute atomic E-state index is 6.36. The lowest BCUT2D eigenvalue weighted by molar-refractivity contribution is 0.0188. The summed E-state index contributed by atoms with van der Waals surface area (Å²) in [5.74, 6) is 0. The van der Waals surface area contributed by atoms with Gasteiger partial charge in [0.25, 0.3) is 0 Å². The highest BCUT2D eigenvalue weighted by atomic mass is 16.5. The third-order valence-corrected chi connectivity index (χ3v) is 6.40. The van der Waals surface area contributed by atoms with Crippen molar-refractivity contribution < 1.29 is 4.74 Å². The molecule has 166 valence electrons. The molecule has 31 heavy (non-hydrogen) atoms. The summed E-state index contributed by atoms with van der Waals surface area (Å²) in [6.07, 6.45) is 5.79. The van der Waals surface area contributed by atoms with E-state index in [-0.39, 0.29) is 5.41 Å². The van der Waals surface area contributed by atoms with Crippen molar-refractivity contribution in [2.24, 2.45) is 11.1 Å². The zero-order valence-corrected chi connectivity index (χ0v) is 18.9. The van der Waals surface area contributed by atoms with Gasteiger partial charge >= 0.3 is 0 Å². The van der Waals surface area contributed by atoms with E-state index in [0.29, 0.717) is 6.10 Å². The molecule has 2 saturated heterocycles. The molecule has 0 aliphatic carbocycles. The molecule has 5 heteroatoms. The first-order valence-electron chi connectivity index (χ1n) is 11.5. The van der Waals surface area contributed by atoms with Crippen LogP contribution in [0.15, 0.2) is 54.7 Å². The van der Waals surface area contributed by atoms with Crippen molar-refractivity contribution in [1.82, 2.24) is 5.32 Å². The fraction of sp³-hybridized carbons (Fsp3) is 0.462. The molecule has 0 bridgehead atoms. The lowest BCUT2D eigenvalue weighted by atomic mass is 9.81. The molecule has 2 aliphatic rings. The van der Waals surface area contributed by atoms with Crippen LogP contribution in [0.25, 0.3) is 5.70 Å². The van der Waals surface area contributed by atoms with Gasteiger partial charge in [-0.15, -0.1) is 0 Å². The van der Waals surface area contributed by atoms with Crippen molar-refractivity contribution in [2.75, 3.05) is 43.0 Å². The zero-order chi connectivity index (χ0) is 21.7. The predicted molar refractivity (Wildman–Crippen MR) is 130 cm³/mol. The van der Waals surface area contributed by atoms with E-state index in [2.05, 4.69) is 71.8 Å². The molecule has 2 aromatic rings. The van der Waals surface area contributed by atoms with E-state index in [0.717, 1.165) is 50.5 Å². The molecule has 2 aliphatic heterocycles. The summed E-state index contributed by atoms with van der Waals surface area (Å²) in [4.78, 5) is 2.45. The average Bonchev–Trinajstić information content (AvgIpc) is 2.77. The molecule has 1 atom stereocenters. The number of ether oxygens (including phenoxy) is 1. The van der Waals surface area contributed by atoms with Crippen LogP contribution < -0.4 is 21.3 Å². The highest BCUT2D eigenvalue weighted by molar-refractivity contribution is 5.68. The molecule has 5 nitrogen and oxygen atoms in total. The molecule has 4 N–H and O–H groups in total. The van der Waals surface area contributed by atoms with Crippen LogP contribution in [0.4, 0.5) is 11.4 Å². The molecule has 2 heterocycles. The topological polar surface area (TPSA) is 62.5 Å². The van der Waals surface area contributed by atoms with E-state index in [1.807, 2.05) is 12.3 Å². The molecule has 0 saturated carbocycles. The second-order valence-corrected chi connectivity index (χ2v) is 9.38. The van der Waals surface area contributed by atoms with Gasteiger partial charge in [0.2, 0.25) is 0 Å². The minimum absolute atomic E-state index is 0.284. The molecule has 1 unspecified atom stereocenters. The van der Waals surface area contributed by atoms with Crippen molar-refractivity contribution in [3.8, 4) is 0 Å². The number of nitrogens with one attached hydrogen (secondary N) is 2. The smallest absolute Gasteiger partial charge is 0.0747 e. The molecular formula is C26H36N4O. The largest absolute Gasteiger partial charge is 0.397 e. The van der Waals surface area contributed by atoms with Crippen molar-refractivity contribution in [1.29, 1.82) is 0 Å². The van der Waals surface area contributed by atoms with Gasteiger partial charge in [0.15, 0.2) is 0 Å². The second-order valence-electron chi connectivity index (χ2n) is 9.38. The normalized spacial score (nSPS) is 20.8. The summed E-state index contributed by atoms with van der Waals surface area (Å²) >= 11 is 0. The minimum atomic E-state index is 0.284. The first-order valence-corrected chi connectivity index (χ1v) is 11.5. The van der Waals surface area contributed by atoms with Gasteiger partial charge in [0.05, 0.1) is 11.8 Å². The van der Waals surface area contributed by atoms with E-state index in [4.69, 9.17) is 10.5 Å². The Morgan fingerprint density at radius 2 is 2.00 bits per heavy atom. The Morgan fingerprint density at radius 3 is 2.71 bits per heavy atom. The monoisotopic (exact) mass is 420 g/mol. The van der Waals surface area contributed by atoms with Gasteiger partial charge in [-0.25, -0.2) is 0 Å². The summed E-state index contributed by atoms with van der Waals surface area (Å²) < 4.78 is 5.77. The Morgan fingerprint density at radius 1 is 1.19 bits per heavy atom. The van der Waals surface area contributed by atoms with Crippen LogP contribution in [-0.4, -0.2) is 38.9 Å². The minimum Gasteiger partial charge on any atom is -0.397 e. The molecular weight excluding hydrogens is 384 g/mol. The Bertz CT molecular complexity index is 884. The molecule has 0 radical (unpaired) electrons. The first kappa shape index (κ1) is 21.6. The molecule has 2 fully saturated rings. The lowest BCUT2D eigenvalue weighted by Gasteiger charge is -2.50. The Labute approximate surface area is 186 Å². The van der Waals surface area contributed by atoms with Crippen molar-refractivity contribution in [3.63, 3.8) is 0 Å². The van der Waals surface area contributed by atoms with Crippen LogP contribution in [0.1, 0.15) is 37.3 Å². The highest BCUT2D eigenvalue weighted by Gasteiger charge is 2.38. The SMILES string of the molecule is Cc1cc(N2CC(C)(CNc3ccccc3)C2)ccc1/C(N)=C/NCC1CCCCO1. The van der Waals surface area contributed by atoms with Gasteiger partial charge in [-0.3, -0.25) is 0 Å². The molecule has 0 spiro atoms. The van der Waals surface area contributed by atoms with Crippen LogP contribution in [0, 0.1) is 12.3 Å². The maximum Gasteiger partial charge on any atom is 0.0747 e. The Balaban J connectivity index is 1.29. The number of hydrogen-bond acceptors (Lipinski definition) is 5. The molecule has 0 aromatic heterocycles. The van der Waals surface area contributed by atoms with E-state index in [1.165, 1.54) is 29.8 Å². The predicted octanol–water partition coefficient (Wildman–Crippen LogP) is 4.35. The number of rotatable bonds is 8. The Kier molecular flexibility index (Phi) is 6.71. The van der Waals surface area contributed by atoms with Crippen LogP contribution in [0.5, 0.6) is 0 Å². The van der Waals surface area contributed by atoms with E-state index < -0.39 is 0 Å². The van der Waals surface area contributed by atoms with Gasteiger partial charge in [-0.05, 0) is 56.0 Å². The van der Waals surface area contributed by atoms with Crippen LogP contribution in [0.2, 0.25) is 0 Å². The maximum atomic E-state index is 6.36. The number of para-hydroxylation sites is 1. The summed E-state index contributed by atoms with van der Waals surface area (Å²) in [5, 5.41) is 6.92. The van der Waals surface area contributed by atoms with Crippen molar-refractivity contribution in [3.05, 3.63) is 65.9 Å². The second kappa shape index (κ2) is 9.65. The number of benzene rings is 2. The third-order valence-electron chi connectivity index (χ3n) is 6.40. The van der Waals surface area contributed by atoms with Crippen LogP contribution in [-0.2, 0) is 4.74 Å². The van der Waals surface area contributed by atoms with E-state index in [1.54, 1.807) is 0 Å². The first-order chi connectivity index (χ1) is 15.0. The van der Waals surface area contributed by atoms with Gasteiger partial charge in [-0.1, -0.05) is 31.2 Å². The van der Waals surface area contributed by atoms with Gasteiger partial charge < -0.3 is 26.0 Å². The number of nitrogens with two attached hydrogens (primary N) is 1. The van der Waals surface area contributed by atoms with Gasteiger partial charge in [-0.2, -0.15) is 0 Å². The van der Waals surface area contributed by atoms with E-state index in [9.17, 15) is 0 Å². The summed E-state index contributed by atoms with van der Waals surface area (Å²) in [6.45, 7) is 9.28. The van der Waals surface area contributed by atoms with Gasteiger partial charge in [0, 0.05) is 61.3 Å². The van der Waals surface area contributed by atoms with Gasteiger partial charge in [0.1, 0.15) is 0 Å². The van der Waals surface area contributed by atoms with Crippen molar-refractivity contribution >= 4 is 17.1 Å². The van der Waals surface area contributed by atoms with Crippen LogP contribution >= 0.6 is 0 Å². The quantitative estimate of drug-likeness (QED) is 0.593. The summed E-state index contributed by atoms with van der Waals surface area (Å²) in [5.41, 5.74) is 12.2.